The van der Waals surface area contributed by atoms with E-state index in [2.05, 4.69) is 10.3 Å². The van der Waals surface area contributed by atoms with Gasteiger partial charge in [-0.15, -0.1) is 0 Å². The zero-order valence-corrected chi connectivity index (χ0v) is 16.8. The first-order chi connectivity index (χ1) is 15.2. The van der Waals surface area contributed by atoms with E-state index in [4.69, 9.17) is 14.2 Å². The lowest BCUT2D eigenvalue weighted by Crippen LogP contribution is -2.43. The van der Waals surface area contributed by atoms with Gasteiger partial charge in [0, 0.05) is 49.3 Å². The first-order valence-electron chi connectivity index (χ1n) is 10.3. The number of nitrogens with one attached hydrogen (secondary N) is 1. The summed E-state index contributed by atoms with van der Waals surface area (Å²) in [5, 5.41) is 3.57. The summed E-state index contributed by atoms with van der Waals surface area (Å²) in [7, 11) is 0. The molecule has 0 saturated carbocycles. The van der Waals surface area contributed by atoms with Crippen molar-refractivity contribution in [1.82, 2.24) is 9.88 Å². The molecule has 2 amide bonds. The number of carbonyl (C=O) groups excluding carboxylic acids is 1. The first-order valence-corrected chi connectivity index (χ1v) is 10.3. The predicted molar refractivity (Wildman–Crippen MR) is 113 cm³/mol. The number of benzene rings is 2. The SMILES string of the molecule is O=C(Nc1ccc2c(c1)OCCO2)N1CCC(Oc2ccnc3ccc(F)cc23)CC1. The smallest absolute Gasteiger partial charge is 0.321 e. The zero-order valence-electron chi connectivity index (χ0n) is 16.8. The Morgan fingerprint density at radius 3 is 2.71 bits per heavy atom. The average Bonchev–Trinajstić information content (AvgIpc) is 2.80. The fourth-order valence-electron chi connectivity index (χ4n) is 3.88. The molecule has 31 heavy (non-hydrogen) atoms. The van der Waals surface area contributed by atoms with Crippen molar-refractivity contribution in [2.24, 2.45) is 0 Å². The minimum atomic E-state index is -0.323. The van der Waals surface area contributed by atoms with Gasteiger partial charge in [0.1, 0.15) is 30.9 Å². The van der Waals surface area contributed by atoms with Gasteiger partial charge in [-0.2, -0.15) is 0 Å². The van der Waals surface area contributed by atoms with Crippen molar-refractivity contribution in [3.8, 4) is 17.2 Å². The van der Waals surface area contributed by atoms with Crippen LogP contribution in [0.15, 0.2) is 48.7 Å². The number of aromatic nitrogens is 1. The number of carbonyl (C=O) groups is 1. The Balaban J connectivity index is 1.19. The zero-order chi connectivity index (χ0) is 21.2. The largest absolute Gasteiger partial charge is 0.490 e. The highest BCUT2D eigenvalue weighted by Gasteiger charge is 2.25. The van der Waals surface area contributed by atoms with Crippen molar-refractivity contribution >= 4 is 22.6 Å². The molecule has 160 valence electrons. The summed E-state index contributed by atoms with van der Waals surface area (Å²) in [6, 6.07) is 11.4. The fraction of sp³-hybridized carbons (Fsp3) is 0.304. The van der Waals surface area contributed by atoms with Gasteiger partial charge in [0.05, 0.1) is 5.52 Å². The number of piperidine rings is 1. The van der Waals surface area contributed by atoms with E-state index in [1.54, 1.807) is 41.4 Å². The number of halogens is 1. The van der Waals surface area contributed by atoms with Crippen LogP contribution in [-0.4, -0.2) is 48.3 Å². The molecule has 1 saturated heterocycles. The van der Waals surface area contributed by atoms with Gasteiger partial charge in [0.15, 0.2) is 11.5 Å². The Morgan fingerprint density at radius 2 is 1.87 bits per heavy atom. The highest BCUT2D eigenvalue weighted by molar-refractivity contribution is 5.90. The van der Waals surface area contributed by atoms with Crippen LogP contribution in [0.25, 0.3) is 10.9 Å². The topological polar surface area (TPSA) is 72.9 Å². The molecule has 2 aliphatic heterocycles. The normalized spacial score (nSPS) is 16.2. The Hall–Kier alpha value is -3.55. The van der Waals surface area contributed by atoms with Gasteiger partial charge in [0.25, 0.3) is 0 Å². The second-order valence-electron chi connectivity index (χ2n) is 7.56. The second-order valence-corrected chi connectivity index (χ2v) is 7.56. The average molecular weight is 423 g/mol. The van der Waals surface area contributed by atoms with Gasteiger partial charge in [-0.25, -0.2) is 9.18 Å². The molecule has 3 heterocycles. The van der Waals surface area contributed by atoms with E-state index < -0.39 is 0 Å². The molecule has 1 aromatic heterocycles. The molecule has 1 N–H and O–H groups in total. The number of amides is 2. The summed E-state index contributed by atoms with van der Waals surface area (Å²) in [5.74, 6) is 1.61. The van der Waals surface area contributed by atoms with Gasteiger partial charge in [-0.05, 0) is 36.4 Å². The maximum atomic E-state index is 13.7. The molecule has 8 heteroatoms. The van der Waals surface area contributed by atoms with Crippen molar-refractivity contribution < 1.29 is 23.4 Å². The maximum Gasteiger partial charge on any atom is 0.321 e. The predicted octanol–water partition coefficient (Wildman–Crippen LogP) is 4.22. The molecule has 0 bridgehead atoms. The van der Waals surface area contributed by atoms with Gasteiger partial charge in [-0.3, -0.25) is 4.98 Å². The third-order valence-corrected chi connectivity index (χ3v) is 5.48. The van der Waals surface area contributed by atoms with Crippen LogP contribution in [-0.2, 0) is 0 Å². The van der Waals surface area contributed by atoms with Crippen LogP contribution in [0.5, 0.6) is 17.2 Å². The summed E-state index contributed by atoms with van der Waals surface area (Å²) in [4.78, 5) is 18.7. The van der Waals surface area contributed by atoms with Crippen LogP contribution in [0.4, 0.5) is 14.9 Å². The van der Waals surface area contributed by atoms with E-state index in [9.17, 15) is 9.18 Å². The number of urea groups is 1. The molecule has 5 rings (SSSR count). The maximum absolute atomic E-state index is 13.7. The third kappa shape index (κ3) is 4.19. The van der Waals surface area contributed by atoms with Gasteiger partial charge < -0.3 is 24.4 Å². The van der Waals surface area contributed by atoms with E-state index >= 15 is 0 Å². The van der Waals surface area contributed by atoms with E-state index in [0.29, 0.717) is 73.0 Å². The van der Waals surface area contributed by atoms with Gasteiger partial charge >= 0.3 is 6.03 Å². The quantitative estimate of drug-likeness (QED) is 0.683. The summed E-state index contributed by atoms with van der Waals surface area (Å²) in [6.45, 7) is 2.16. The Labute approximate surface area is 178 Å². The van der Waals surface area contributed by atoms with Crippen LogP contribution in [0.1, 0.15) is 12.8 Å². The number of ether oxygens (including phenoxy) is 3. The highest BCUT2D eigenvalue weighted by atomic mass is 19.1. The molecule has 1 fully saturated rings. The number of rotatable bonds is 3. The Bertz CT molecular complexity index is 1120. The van der Waals surface area contributed by atoms with Crippen LogP contribution in [0.3, 0.4) is 0 Å². The molecule has 2 aliphatic rings. The van der Waals surface area contributed by atoms with Crippen LogP contribution in [0, 0.1) is 5.82 Å². The third-order valence-electron chi connectivity index (χ3n) is 5.48. The Morgan fingerprint density at radius 1 is 1.06 bits per heavy atom. The highest BCUT2D eigenvalue weighted by Crippen LogP contribution is 2.33. The van der Waals surface area contributed by atoms with Crippen molar-refractivity contribution in [3.05, 3.63) is 54.5 Å². The molecule has 2 aromatic carbocycles. The summed E-state index contributed by atoms with van der Waals surface area (Å²) in [6.07, 6.45) is 2.99. The molecule has 0 aliphatic carbocycles. The summed E-state index contributed by atoms with van der Waals surface area (Å²) >= 11 is 0. The van der Waals surface area contributed by atoms with Crippen molar-refractivity contribution in [3.63, 3.8) is 0 Å². The van der Waals surface area contributed by atoms with E-state index in [1.165, 1.54) is 12.1 Å². The number of fused-ring (bicyclic) bond motifs is 2. The lowest BCUT2D eigenvalue weighted by atomic mass is 10.1. The minimum Gasteiger partial charge on any atom is -0.490 e. The second kappa shape index (κ2) is 8.29. The van der Waals surface area contributed by atoms with Gasteiger partial charge in [-0.1, -0.05) is 0 Å². The molecular weight excluding hydrogens is 401 g/mol. The summed E-state index contributed by atoms with van der Waals surface area (Å²) < 4.78 is 30.9. The van der Waals surface area contributed by atoms with Crippen LogP contribution < -0.4 is 19.5 Å². The standard InChI is InChI=1S/C23H22FN3O4/c24-15-1-3-19-18(13-15)20(5-8-25-19)31-17-6-9-27(10-7-17)23(28)26-16-2-4-21-22(14-16)30-12-11-29-21/h1-5,8,13-14,17H,6-7,9-12H2,(H,26,28). The molecule has 0 spiro atoms. The van der Waals surface area contributed by atoms with E-state index in [0.717, 1.165) is 0 Å². The lowest BCUT2D eigenvalue weighted by Gasteiger charge is -2.32. The number of likely N-dealkylation sites (tertiary alicyclic amines) is 1. The monoisotopic (exact) mass is 423 g/mol. The Kier molecular flexibility index (Phi) is 5.19. The fourth-order valence-corrected chi connectivity index (χ4v) is 3.88. The van der Waals surface area contributed by atoms with E-state index in [-0.39, 0.29) is 18.0 Å². The number of hydrogen-bond donors (Lipinski definition) is 1. The van der Waals surface area contributed by atoms with Gasteiger partial charge in [0.2, 0.25) is 0 Å². The number of hydrogen-bond acceptors (Lipinski definition) is 5. The van der Waals surface area contributed by atoms with E-state index in [1.807, 2.05) is 0 Å². The number of nitrogens with zero attached hydrogens (tertiary/aromatic N) is 2. The number of anilines is 1. The molecule has 3 aromatic rings. The van der Waals surface area contributed by atoms with Crippen LogP contribution in [0.2, 0.25) is 0 Å². The molecule has 0 unspecified atom stereocenters. The molecule has 0 radical (unpaired) electrons. The minimum absolute atomic E-state index is 0.0489. The van der Waals surface area contributed by atoms with Crippen LogP contribution >= 0.6 is 0 Å². The van der Waals surface area contributed by atoms with Crippen molar-refractivity contribution in [2.45, 2.75) is 18.9 Å². The molecule has 0 atom stereocenters. The first kappa shape index (κ1) is 19.4. The van der Waals surface area contributed by atoms with Crippen molar-refractivity contribution in [2.75, 3.05) is 31.6 Å². The number of pyridine rings is 1. The lowest BCUT2D eigenvalue weighted by molar-refractivity contribution is 0.117. The molecular formula is C23H22FN3O4. The van der Waals surface area contributed by atoms with Crippen molar-refractivity contribution in [1.29, 1.82) is 0 Å². The summed E-state index contributed by atoms with van der Waals surface area (Å²) in [5.41, 5.74) is 1.35. The molecule has 7 nitrogen and oxygen atoms in total.